The summed E-state index contributed by atoms with van der Waals surface area (Å²) in [5.74, 6) is -0.861. The largest absolute Gasteiger partial charge is 0.481 e. The summed E-state index contributed by atoms with van der Waals surface area (Å²) >= 11 is 0. The second-order valence-electron chi connectivity index (χ2n) is 12.5. The van der Waals surface area contributed by atoms with Gasteiger partial charge in [0.1, 0.15) is 0 Å². The summed E-state index contributed by atoms with van der Waals surface area (Å²) in [5, 5.41) is 21.4. The van der Waals surface area contributed by atoms with Gasteiger partial charge >= 0.3 is 5.97 Å². The number of carboxylic acid groups (broad SMARTS) is 1. The molecule has 0 radical (unpaired) electrons. The first-order chi connectivity index (χ1) is 23.4. The number of nitrogens with one attached hydrogen (secondary N) is 1. The summed E-state index contributed by atoms with van der Waals surface area (Å²) in [6, 6.07) is 36.4. The Kier molecular flexibility index (Phi) is 13.3. The van der Waals surface area contributed by atoms with E-state index in [0.717, 1.165) is 42.6 Å². The van der Waals surface area contributed by atoms with Crippen LogP contribution >= 0.6 is 0 Å². The van der Waals surface area contributed by atoms with E-state index in [1.54, 1.807) is 0 Å². The number of carbonyl (C=O) groups excluding carboxylic acids is 1. The molecule has 0 saturated carbocycles. The van der Waals surface area contributed by atoms with E-state index in [0.29, 0.717) is 37.9 Å². The molecule has 1 aliphatic rings. The van der Waals surface area contributed by atoms with Crippen LogP contribution in [0.25, 0.3) is 0 Å². The molecule has 0 bridgehead atoms. The van der Waals surface area contributed by atoms with Crippen LogP contribution in [0.2, 0.25) is 0 Å². The summed E-state index contributed by atoms with van der Waals surface area (Å²) in [5.41, 5.74) is 5.83. The van der Waals surface area contributed by atoms with Crippen molar-refractivity contribution in [3.05, 3.63) is 137 Å². The van der Waals surface area contributed by atoms with E-state index in [1.165, 1.54) is 11.1 Å². The zero-order valence-corrected chi connectivity index (χ0v) is 27.4. The van der Waals surface area contributed by atoms with Crippen molar-refractivity contribution in [2.45, 2.75) is 83.1 Å². The number of aliphatic hydroxyl groups is 1. The van der Waals surface area contributed by atoms with Crippen molar-refractivity contribution < 1.29 is 29.3 Å². The Balaban J connectivity index is 1.30. The topological polar surface area (TPSA) is 108 Å². The number of unbranched alkanes of at least 4 members (excludes halogenated alkanes) is 3. The molecule has 0 spiro atoms. The third kappa shape index (κ3) is 11.1. The normalized spacial score (nSPS) is 17.7. The fraction of sp³-hybridized carbons (Fsp3) is 0.350. The van der Waals surface area contributed by atoms with Crippen LogP contribution in [0.15, 0.2) is 109 Å². The van der Waals surface area contributed by atoms with Gasteiger partial charge in [-0.1, -0.05) is 110 Å². The first-order valence-electron chi connectivity index (χ1n) is 16.9. The molecule has 3 atom stereocenters. The molecular weight excluding hydrogens is 604 g/mol. The number of ether oxygens (including phenoxy) is 2. The predicted octanol–water partition coefficient (Wildman–Crippen LogP) is 7.79. The molecule has 4 aromatic carbocycles. The van der Waals surface area contributed by atoms with E-state index >= 15 is 0 Å². The number of aliphatic hydroxyl groups excluding tert-OH is 1. The number of carboxylic acids is 1. The first-order valence-corrected chi connectivity index (χ1v) is 16.9. The second-order valence-corrected chi connectivity index (χ2v) is 12.5. The highest BCUT2D eigenvalue weighted by molar-refractivity contribution is 5.90. The van der Waals surface area contributed by atoms with Crippen LogP contribution in [-0.2, 0) is 38.8 Å². The molecule has 1 aliphatic heterocycles. The molecule has 4 aromatic rings. The zero-order valence-electron chi connectivity index (χ0n) is 27.4. The van der Waals surface area contributed by atoms with Crippen LogP contribution in [0.5, 0.6) is 0 Å². The van der Waals surface area contributed by atoms with Crippen molar-refractivity contribution in [3.8, 4) is 0 Å². The highest BCUT2D eigenvalue weighted by Crippen LogP contribution is 2.39. The number of benzene rings is 4. The van der Waals surface area contributed by atoms with Crippen LogP contribution < -0.4 is 5.32 Å². The Labute approximate surface area is 283 Å². The highest BCUT2D eigenvalue weighted by Gasteiger charge is 2.33. The van der Waals surface area contributed by atoms with Gasteiger partial charge in [-0.2, -0.15) is 0 Å². The zero-order chi connectivity index (χ0) is 33.6. The minimum Gasteiger partial charge on any atom is -0.481 e. The monoisotopic (exact) mass is 650 g/mol. The van der Waals surface area contributed by atoms with Gasteiger partial charge in [0.15, 0.2) is 6.29 Å². The van der Waals surface area contributed by atoms with E-state index < -0.39 is 12.3 Å². The number of amides is 1. The number of nitrogens with zero attached hydrogens (tertiary/aromatic N) is 1. The average molecular weight is 651 g/mol. The number of anilines is 1. The Bertz CT molecular complexity index is 1520. The molecule has 3 N–H and O–H groups in total. The maximum Gasteiger partial charge on any atom is 0.303 e. The second kappa shape index (κ2) is 18.3. The maximum atomic E-state index is 12.7. The summed E-state index contributed by atoms with van der Waals surface area (Å²) < 4.78 is 13.3. The third-order valence-electron chi connectivity index (χ3n) is 8.56. The van der Waals surface area contributed by atoms with Crippen molar-refractivity contribution in [3.63, 3.8) is 0 Å². The Hall–Kier alpha value is -4.34. The number of hydrogen-bond acceptors (Lipinski definition) is 6. The van der Waals surface area contributed by atoms with Gasteiger partial charge in [-0.3, -0.25) is 14.5 Å². The van der Waals surface area contributed by atoms with Gasteiger partial charge in [-0.15, -0.1) is 0 Å². The summed E-state index contributed by atoms with van der Waals surface area (Å²) in [6.45, 7) is 2.23. The first kappa shape index (κ1) is 35.0. The van der Waals surface area contributed by atoms with Crippen molar-refractivity contribution in [1.29, 1.82) is 0 Å². The van der Waals surface area contributed by atoms with Crippen LogP contribution in [0.3, 0.4) is 0 Å². The SMILES string of the molecule is O=C(O)CCCCCCC(=O)Nc1cccc(C2OC(CN(Cc3ccccc3)Cc3ccccc3)CC(c3ccc(CO)cc3)O2)c1. The summed E-state index contributed by atoms with van der Waals surface area (Å²) in [6.07, 6.45) is 3.14. The van der Waals surface area contributed by atoms with Crippen molar-refractivity contribution in [2.24, 2.45) is 0 Å². The fourth-order valence-corrected chi connectivity index (χ4v) is 6.09. The van der Waals surface area contributed by atoms with Gasteiger partial charge in [0, 0.05) is 50.1 Å². The molecule has 0 aliphatic carbocycles. The maximum absolute atomic E-state index is 12.7. The minimum atomic E-state index is -0.785. The van der Waals surface area contributed by atoms with Gasteiger partial charge in [0.25, 0.3) is 0 Å². The van der Waals surface area contributed by atoms with Gasteiger partial charge in [0.05, 0.1) is 18.8 Å². The molecule has 1 fully saturated rings. The molecule has 8 nitrogen and oxygen atoms in total. The molecule has 252 valence electrons. The summed E-state index contributed by atoms with van der Waals surface area (Å²) in [4.78, 5) is 25.8. The lowest BCUT2D eigenvalue weighted by atomic mass is 9.99. The predicted molar refractivity (Wildman–Crippen MR) is 186 cm³/mol. The Morgan fingerprint density at radius 2 is 1.35 bits per heavy atom. The molecule has 48 heavy (non-hydrogen) atoms. The summed E-state index contributed by atoms with van der Waals surface area (Å²) in [7, 11) is 0. The number of carbonyl (C=O) groups is 2. The lowest BCUT2D eigenvalue weighted by molar-refractivity contribution is -0.253. The van der Waals surface area contributed by atoms with Crippen LogP contribution in [-0.4, -0.2) is 39.6 Å². The van der Waals surface area contributed by atoms with Crippen molar-refractivity contribution in [1.82, 2.24) is 4.90 Å². The third-order valence-corrected chi connectivity index (χ3v) is 8.56. The molecule has 1 heterocycles. The molecule has 3 unspecified atom stereocenters. The lowest BCUT2D eigenvalue weighted by Crippen LogP contribution is -2.39. The van der Waals surface area contributed by atoms with Crippen LogP contribution in [0.4, 0.5) is 5.69 Å². The molecule has 5 rings (SSSR count). The molecule has 0 aromatic heterocycles. The molecule has 8 heteroatoms. The highest BCUT2D eigenvalue weighted by atomic mass is 16.7. The van der Waals surface area contributed by atoms with E-state index in [2.05, 4.69) is 58.7 Å². The van der Waals surface area contributed by atoms with Crippen molar-refractivity contribution in [2.75, 3.05) is 11.9 Å². The fourth-order valence-electron chi connectivity index (χ4n) is 6.09. The quantitative estimate of drug-likeness (QED) is 0.100. The molecule has 1 saturated heterocycles. The lowest BCUT2D eigenvalue weighted by Gasteiger charge is -2.38. The van der Waals surface area contributed by atoms with E-state index in [4.69, 9.17) is 14.6 Å². The Morgan fingerprint density at radius 1 is 0.708 bits per heavy atom. The molecular formula is C40H46N2O6. The van der Waals surface area contributed by atoms with Crippen molar-refractivity contribution >= 4 is 17.6 Å². The van der Waals surface area contributed by atoms with E-state index in [9.17, 15) is 14.7 Å². The van der Waals surface area contributed by atoms with Crippen LogP contribution in [0, 0.1) is 0 Å². The van der Waals surface area contributed by atoms with E-state index in [-0.39, 0.29) is 31.1 Å². The van der Waals surface area contributed by atoms with Gasteiger partial charge < -0.3 is 25.0 Å². The van der Waals surface area contributed by atoms with Gasteiger partial charge in [-0.25, -0.2) is 0 Å². The molecule has 1 amide bonds. The van der Waals surface area contributed by atoms with Gasteiger partial charge in [-0.05, 0) is 47.2 Å². The van der Waals surface area contributed by atoms with E-state index in [1.807, 2.05) is 60.7 Å². The minimum absolute atomic E-state index is 0.0165. The standard InChI is InChI=1S/C40H46N2O6/c43-29-32-20-22-33(23-21-32)37-25-36(28-42(26-30-12-5-3-6-13-30)27-31-14-7-4-8-15-31)47-40(48-37)34-16-11-17-35(24-34)41-38(44)18-9-1-2-10-19-39(45)46/h3-8,11-17,20-24,36-37,40,43H,1-2,9-10,18-19,25-29H2,(H,41,44)(H,45,46). The number of aliphatic carboxylic acids is 1. The number of hydrogen-bond donors (Lipinski definition) is 3. The van der Waals surface area contributed by atoms with Gasteiger partial charge in [0.2, 0.25) is 5.91 Å². The number of rotatable bonds is 17. The Morgan fingerprint density at radius 3 is 1.98 bits per heavy atom. The average Bonchev–Trinajstić information content (AvgIpc) is 3.10. The van der Waals surface area contributed by atoms with Crippen LogP contribution in [0.1, 0.15) is 85.2 Å². The smallest absolute Gasteiger partial charge is 0.303 e.